The minimum Gasteiger partial charge on any atom is -0.358 e. The lowest BCUT2D eigenvalue weighted by Crippen LogP contribution is -2.46. The SMILES string of the molecule is CC(C)[C@@H](Nc1ccnc(-c2c[nH]c3ncc(Cl)cc23)n1)C(=O)NCC(F)(F)F.O=C(NCC(F)(F)F)[C@@H]1C[C@@H](F)CN1c1nc(-c2c[nH]c3ncc(Cl)cc23)ncc1F.O=C(NCC(F)(F)F)[C@@H]1C[C@H](F)CN1c1nc(-c2c[nH]c3ncc(Cl)cc23)ncc1F.O=C(NCC(F)(F)F)[C@H]1CCCN1c1ccnc(-c2c[nH]c3ncc(Cl)cc23)n1.[HH].[HH].[HH].[HH]. The normalized spacial score (nSPS) is 17.2. The van der Waals surface area contributed by atoms with Gasteiger partial charge >= 0.3 is 24.7 Å². The molecule has 12 aromatic rings. The summed E-state index contributed by atoms with van der Waals surface area (Å²) in [7, 11) is 0. The average molecular weight is 1780 g/mol. The lowest BCUT2D eigenvalue weighted by molar-refractivity contribution is -0.139. The molecule has 642 valence electrons. The van der Waals surface area contributed by atoms with Crippen LogP contribution in [0.25, 0.3) is 89.7 Å². The molecule has 12 aromatic heterocycles. The van der Waals surface area contributed by atoms with Crippen LogP contribution < -0.4 is 41.3 Å². The number of hydrogen-bond acceptors (Lipinski definition) is 20. The number of carbonyl (C=O) groups is 4. The van der Waals surface area contributed by atoms with Crippen LogP contribution in [0.3, 0.4) is 0 Å². The Bertz CT molecular complexity index is 5540. The van der Waals surface area contributed by atoms with E-state index in [0.717, 1.165) is 33.0 Å². The molecule has 3 fully saturated rings. The van der Waals surface area contributed by atoms with Gasteiger partial charge in [0, 0.05) is 131 Å². The van der Waals surface area contributed by atoms with Gasteiger partial charge in [0.15, 0.2) is 46.6 Å². The number of nitrogens with one attached hydrogen (secondary N) is 9. The Morgan fingerprint density at radius 2 is 0.817 bits per heavy atom. The molecule has 120 heavy (non-hydrogen) atoms. The van der Waals surface area contributed by atoms with E-state index in [4.69, 9.17) is 46.4 Å². The van der Waals surface area contributed by atoms with Gasteiger partial charge < -0.3 is 61.2 Å². The molecule has 15 rings (SSSR count). The van der Waals surface area contributed by atoms with Gasteiger partial charge in [0.2, 0.25) is 23.6 Å². The molecular weight excluding hydrogens is 1710 g/mol. The van der Waals surface area contributed by atoms with Gasteiger partial charge in [-0.3, -0.25) is 19.2 Å². The zero-order chi connectivity index (χ0) is 86.4. The van der Waals surface area contributed by atoms with E-state index in [-0.39, 0.29) is 34.9 Å². The van der Waals surface area contributed by atoms with Crippen LogP contribution in [-0.2, 0) is 19.2 Å². The highest BCUT2D eigenvalue weighted by atomic mass is 35.5. The molecule has 28 nitrogen and oxygen atoms in total. The van der Waals surface area contributed by atoms with Crippen molar-refractivity contribution >= 4 is 137 Å². The summed E-state index contributed by atoms with van der Waals surface area (Å²) < 4.78 is 206. The third-order valence-corrected chi connectivity index (χ3v) is 19.1. The first kappa shape index (κ1) is 87.5. The van der Waals surface area contributed by atoms with Crippen LogP contribution in [0.4, 0.5) is 93.5 Å². The summed E-state index contributed by atoms with van der Waals surface area (Å²) in [6.07, 6.45) is -3.86. The van der Waals surface area contributed by atoms with Crippen molar-refractivity contribution in [1.82, 2.24) is 101 Å². The number of amides is 4. The van der Waals surface area contributed by atoms with Crippen LogP contribution in [0.2, 0.25) is 20.1 Å². The molecule has 15 heterocycles. The number of pyridine rings is 4. The van der Waals surface area contributed by atoms with Gasteiger partial charge in [0.05, 0.1) is 45.6 Å². The second kappa shape index (κ2) is 36.4. The van der Waals surface area contributed by atoms with Crippen molar-refractivity contribution < 1.29 is 95.1 Å². The van der Waals surface area contributed by atoms with E-state index in [2.05, 4.69) is 85.1 Å². The van der Waals surface area contributed by atoms with E-state index >= 15 is 0 Å². The summed E-state index contributed by atoms with van der Waals surface area (Å²) in [5, 5.41) is 14.4. The van der Waals surface area contributed by atoms with E-state index in [9.17, 15) is 89.4 Å². The summed E-state index contributed by atoms with van der Waals surface area (Å²) in [5.74, 6) is -4.88. The molecule has 0 aromatic carbocycles. The molecule has 0 radical (unpaired) electrons. The van der Waals surface area contributed by atoms with Gasteiger partial charge in [-0.15, -0.1) is 0 Å². The van der Waals surface area contributed by atoms with Gasteiger partial charge in [-0.25, -0.2) is 77.4 Å². The molecule has 9 N–H and O–H groups in total. The number of aromatic nitrogens is 16. The number of alkyl halides is 14. The molecule has 3 saturated heterocycles. The molecule has 0 bridgehead atoms. The Kier molecular flexibility index (Phi) is 26.6. The first-order valence-corrected chi connectivity index (χ1v) is 37.2. The second-order valence-electron chi connectivity index (χ2n) is 27.3. The summed E-state index contributed by atoms with van der Waals surface area (Å²) in [4.78, 5) is 115. The fraction of sp³-hybridized carbons (Fsp3) is 0.333. The van der Waals surface area contributed by atoms with Crippen molar-refractivity contribution in [2.24, 2.45) is 5.92 Å². The number of fused-ring (bicyclic) bond motifs is 4. The Morgan fingerprint density at radius 1 is 0.467 bits per heavy atom. The Hall–Kier alpha value is -11.8. The quantitative estimate of drug-likeness (QED) is 0.0360. The smallest absolute Gasteiger partial charge is 0.358 e. The van der Waals surface area contributed by atoms with Crippen molar-refractivity contribution in [3.8, 4) is 45.6 Å². The number of halogens is 20. The minimum absolute atomic E-state index is 0. The molecule has 0 saturated carbocycles. The van der Waals surface area contributed by atoms with Gasteiger partial charge in [-0.1, -0.05) is 60.3 Å². The number of aromatic amines is 4. The standard InChI is InChI=1S/2C18H14ClF5N6O.C18H16ClF3N6O.C18H18ClF3N6O.4H2/c2*19-8-1-10-11(4-26-14(10)25-3-8)15-27-5-12(21)16(29-15)30-6-9(20)2-13(30)17(31)28-7-18(22,23)24;19-10-6-11-12(8-25-15(11)24-7-10)16-23-4-3-14(27-16)28-5-1-2-13(28)17(29)26-9-18(20,21)22;1-9(2)14(17(29)26-8-18(20,21)22)27-13-3-4-23-16(28-13)12-7-25-15-11(12)5-10(19)6-24-15;;;;/h2*1,3-5,9,13H,2,6-7H2,(H,25,26)(H,28,31);3-4,6-8,13H,1-2,5,9H2,(H,24,25)(H,26,29);3-7,9,14H,8H2,1-2H3,(H,24,25)(H,26,29)(H,23,27,28);4*1H/t9-,13+;9-,13-;13-;14-;;;;/m1011..../s1. The second-order valence-corrected chi connectivity index (χ2v) is 29.0. The third kappa shape index (κ3) is 21.8. The van der Waals surface area contributed by atoms with Crippen molar-refractivity contribution in [2.75, 3.05) is 65.8 Å². The highest BCUT2D eigenvalue weighted by molar-refractivity contribution is 6.32. The average Bonchev–Trinajstić information content (AvgIpc) is 1.62. The summed E-state index contributed by atoms with van der Waals surface area (Å²) >= 11 is 24.0. The maximum atomic E-state index is 14.5. The zero-order valence-electron chi connectivity index (χ0n) is 61.6. The fourth-order valence-electron chi connectivity index (χ4n) is 13.0. The molecule has 48 heteroatoms. The first-order chi connectivity index (χ1) is 56.7. The molecule has 0 aliphatic carbocycles. The highest BCUT2D eigenvalue weighted by Crippen LogP contribution is 2.38. The van der Waals surface area contributed by atoms with E-state index in [0.29, 0.717) is 118 Å². The number of H-pyrrole nitrogens is 4. The van der Waals surface area contributed by atoms with Gasteiger partial charge in [-0.2, -0.15) is 52.7 Å². The lowest BCUT2D eigenvalue weighted by Gasteiger charge is -2.25. The van der Waals surface area contributed by atoms with E-state index in [1.807, 2.05) is 10.6 Å². The molecule has 3 aliphatic heterocycles. The molecule has 0 unspecified atom stereocenters. The van der Waals surface area contributed by atoms with E-state index in [1.165, 1.54) is 49.4 Å². The van der Waals surface area contributed by atoms with Crippen molar-refractivity contribution in [1.29, 1.82) is 0 Å². The molecule has 4 amide bonds. The summed E-state index contributed by atoms with van der Waals surface area (Å²) in [6.45, 7) is -2.75. The maximum Gasteiger partial charge on any atom is 0.405 e. The van der Waals surface area contributed by atoms with Crippen LogP contribution in [0.15, 0.2) is 111 Å². The van der Waals surface area contributed by atoms with Crippen molar-refractivity contribution in [3.63, 3.8) is 0 Å². The Morgan fingerprint density at radius 3 is 1.19 bits per heavy atom. The van der Waals surface area contributed by atoms with Crippen LogP contribution >= 0.6 is 46.4 Å². The van der Waals surface area contributed by atoms with Crippen LogP contribution in [-0.4, -0.2) is 210 Å². The summed E-state index contributed by atoms with van der Waals surface area (Å²) in [5.41, 5.74) is 4.39. The first-order valence-electron chi connectivity index (χ1n) is 35.7. The number of carbonyl (C=O) groups excluding carboxylic acids is 4. The number of hydrogen-bond donors (Lipinski definition) is 9. The maximum absolute atomic E-state index is 14.5. The number of rotatable bonds is 18. The Balaban J connectivity index is 0.000000203. The Labute approximate surface area is 691 Å². The van der Waals surface area contributed by atoms with Crippen molar-refractivity contribution in [3.05, 3.63) is 142 Å². The predicted molar refractivity (Wildman–Crippen MR) is 417 cm³/mol. The topological polar surface area (TPSA) is 356 Å². The molecular formula is C72H70Cl4F16N24O4. The predicted octanol–water partition coefficient (Wildman–Crippen LogP) is 14.9. The number of anilines is 4. The van der Waals surface area contributed by atoms with Crippen LogP contribution in [0.1, 0.15) is 45.2 Å². The van der Waals surface area contributed by atoms with Gasteiger partial charge in [0.1, 0.15) is 96.9 Å². The fourth-order valence-corrected chi connectivity index (χ4v) is 13.6. The monoisotopic (exact) mass is 1780 g/mol. The van der Waals surface area contributed by atoms with Gasteiger partial charge in [0.25, 0.3) is 0 Å². The molecule has 6 atom stereocenters. The van der Waals surface area contributed by atoms with Gasteiger partial charge in [-0.05, 0) is 55.2 Å². The van der Waals surface area contributed by atoms with Crippen LogP contribution in [0.5, 0.6) is 0 Å². The highest BCUT2D eigenvalue weighted by Gasteiger charge is 2.44. The summed E-state index contributed by atoms with van der Waals surface area (Å²) in [6, 6.07) is 5.52. The van der Waals surface area contributed by atoms with E-state index in [1.54, 1.807) is 78.3 Å². The third-order valence-electron chi connectivity index (χ3n) is 18.3. The largest absolute Gasteiger partial charge is 0.405 e. The minimum atomic E-state index is -4.63. The number of nitrogens with zero attached hydrogens (tertiary/aromatic N) is 15. The van der Waals surface area contributed by atoms with Crippen LogP contribution in [0, 0.1) is 17.6 Å². The lowest BCUT2D eigenvalue weighted by atomic mass is 10.0. The molecule has 3 aliphatic rings. The molecule has 0 spiro atoms. The van der Waals surface area contributed by atoms with E-state index < -0.39 is 149 Å². The zero-order valence-corrected chi connectivity index (χ0v) is 64.6. The van der Waals surface area contributed by atoms with Crippen molar-refractivity contribution in [2.45, 2.75) is 101 Å².